The van der Waals surface area contributed by atoms with Gasteiger partial charge >= 0.3 is 0 Å². The van der Waals surface area contributed by atoms with E-state index in [9.17, 15) is 4.79 Å². The molecule has 0 aliphatic rings. The number of carbonyl (C=O) groups is 1. The quantitative estimate of drug-likeness (QED) is 0.638. The van der Waals surface area contributed by atoms with E-state index < -0.39 is 0 Å². The minimum Gasteiger partial charge on any atom is -0.488 e. The number of hydrogen-bond acceptors (Lipinski definition) is 3. The summed E-state index contributed by atoms with van der Waals surface area (Å²) in [6, 6.07) is 7.60. The number of amides is 1. The van der Waals surface area contributed by atoms with Crippen LogP contribution in [-0.2, 0) is 4.79 Å². The smallest absolute Gasteiger partial charge is 0.240 e. The lowest BCUT2D eigenvalue weighted by molar-refractivity contribution is -0.121. The van der Waals surface area contributed by atoms with Crippen LogP contribution in [0.4, 0.5) is 0 Å². The summed E-state index contributed by atoms with van der Waals surface area (Å²) >= 11 is 0. The molecule has 0 aliphatic heterocycles. The fourth-order valence-corrected chi connectivity index (χ4v) is 1.55. The van der Waals surface area contributed by atoms with E-state index in [1.54, 1.807) is 6.21 Å². The summed E-state index contributed by atoms with van der Waals surface area (Å²) in [4.78, 5) is 11.4. The molecule has 0 saturated carbocycles. The van der Waals surface area contributed by atoms with Crippen LogP contribution in [0.1, 0.15) is 52.5 Å². The average molecular weight is 276 g/mol. The predicted octanol–water partition coefficient (Wildman–Crippen LogP) is 3.50. The lowest BCUT2D eigenvalue weighted by Crippen LogP contribution is -2.22. The molecule has 0 radical (unpaired) electrons. The van der Waals surface area contributed by atoms with E-state index in [4.69, 9.17) is 4.74 Å². The van der Waals surface area contributed by atoms with Gasteiger partial charge in [0.05, 0.1) is 6.21 Å². The van der Waals surface area contributed by atoms with Crippen LogP contribution in [0.15, 0.2) is 29.4 Å². The highest BCUT2D eigenvalue weighted by atomic mass is 16.5. The van der Waals surface area contributed by atoms with Gasteiger partial charge in [0.2, 0.25) is 5.91 Å². The maximum atomic E-state index is 11.4. The molecule has 4 heteroatoms. The molecular weight excluding hydrogens is 252 g/mol. The third kappa shape index (κ3) is 6.92. The molecule has 1 amide bonds. The summed E-state index contributed by atoms with van der Waals surface area (Å²) in [6.07, 6.45) is 4.05. The van der Waals surface area contributed by atoms with E-state index in [0.717, 1.165) is 24.2 Å². The van der Waals surface area contributed by atoms with Gasteiger partial charge in [0.1, 0.15) is 11.4 Å². The zero-order valence-electron chi connectivity index (χ0n) is 12.8. The van der Waals surface area contributed by atoms with Gasteiger partial charge < -0.3 is 4.74 Å². The zero-order valence-corrected chi connectivity index (χ0v) is 12.8. The van der Waals surface area contributed by atoms with Crippen LogP contribution in [0.3, 0.4) is 0 Å². The maximum Gasteiger partial charge on any atom is 0.240 e. The third-order valence-corrected chi connectivity index (χ3v) is 2.46. The maximum absolute atomic E-state index is 11.4. The van der Waals surface area contributed by atoms with Crippen molar-refractivity contribution in [2.45, 2.75) is 52.6 Å². The molecule has 0 aliphatic carbocycles. The van der Waals surface area contributed by atoms with Crippen LogP contribution in [0.25, 0.3) is 0 Å². The molecule has 0 atom stereocenters. The first kappa shape index (κ1) is 16.2. The van der Waals surface area contributed by atoms with Crippen LogP contribution < -0.4 is 10.2 Å². The second-order valence-electron chi connectivity index (χ2n) is 5.68. The van der Waals surface area contributed by atoms with E-state index in [2.05, 4.69) is 17.5 Å². The largest absolute Gasteiger partial charge is 0.488 e. The molecule has 0 heterocycles. The highest BCUT2D eigenvalue weighted by Gasteiger charge is 2.10. The van der Waals surface area contributed by atoms with Crippen LogP contribution in [0.5, 0.6) is 5.75 Å². The van der Waals surface area contributed by atoms with Gasteiger partial charge in [0.25, 0.3) is 0 Å². The van der Waals surface area contributed by atoms with Crippen LogP contribution in [0, 0.1) is 0 Å². The molecule has 20 heavy (non-hydrogen) atoms. The van der Waals surface area contributed by atoms with Gasteiger partial charge in [-0.05, 0) is 57.0 Å². The first-order valence-corrected chi connectivity index (χ1v) is 7.01. The molecule has 0 fully saturated rings. The molecule has 110 valence electrons. The Morgan fingerprint density at radius 3 is 2.50 bits per heavy atom. The standard InChI is InChI=1S/C16H24N2O2/c1-5-6-7-15(19)18-17-12-13-8-10-14(11-9-13)20-16(2,3)4/h8-12H,5-7H2,1-4H3,(H,18,19)/b17-12+. The topological polar surface area (TPSA) is 50.7 Å². The Kier molecular flexibility index (Phi) is 6.22. The van der Waals surface area contributed by atoms with Crippen molar-refractivity contribution in [1.29, 1.82) is 0 Å². The molecule has 1 rings (SSSR count). The number of hydrogen-bond donors (Lipinski definition) is 1. The number of rotatable bonds is 6. The van der Waals surface area contributed by atoms with Crippen molar-refractivity contribution in [2.75, 3.05) is 0 Å². The predicted molar refractivity (Wildman–Crippen MR) is 82.1 cm³/mol. The summed E-state index contributed by atoms with van der Waals surface area (Å²) in [7, 11) is 0. The monoisotopic (exact) mass is 276 g/mol. The summed E-state index contributed by atoms with van der Waals surface area (Å²) < 4.78 is 5.73. The molecule has 0 spiro atoms. The summed E-state index contributed by atoms with van der Waals surface area (Å²) in [5.41, 5.74) is 3.23. The van der Waals surface area contributed by atoms with Crippen molar-refractivity contribution in [3.05, 3.63) is 29.8 Å². The lowest BCUT2D eigenvalue weighted by Gasteiger charge is -2.21. The Hall–Kier alpha value is -1.84. The molecule has 1 aromatic rings. The number of nitrogens with zero attached hydrogens (tertiary/aromatic N) is 1. The fourth-order valence-electron chi connectivity index (χ4n) is 1.55. The minimum absolute atomic E-state index is 0.0456. The lowest BCUT2D eigenvalue weighted by atomic mass is 10.2. The van der Waals surface area contributed by atoms with Gasteiger partial charge in [0, 0.05) is 6.42 Å². The number of nitrogens with one attached hydrogen (secondary N) is 1. The molecule has 0 aromatic heterocycles. The van der Waals surface area contributed by atoms with Gasteiger partial charge in [-0.3, -0.25) is 4.79 Å². The van der Waals surface area contributed by atoms with Gasteiger partial charge in [0.15, 0.2) is 0 Å². The van der Waals surface area contributed by atoms with Crippen molar-refractivity contribution < 1.29 is 9.53 Å². The van der Waals surface area contributed by atoms with Gasteiger partial charge in [-0.25, -0.2) is 5.43 Å². The van der Waals surface area contributed by atoms with Crippen molar-refractivity contribution >= 4 is 12.1 Å². The second-order valence-corrected chi connectivity index (χ2v) is 5.68. The molecule has 1 N–H and O–H groups in total. The summed E-state index contributed by atoms with van der Waals surface area (Å²) in [5.74, 6) is 0.775. The molecule has 0 unspecified atom stereocenters. The Bertz CT molecular complexity index is 445. The molecule has 0 bridgehead atoms. The summed E-state index contributed by atoms with van der Waals surface area (Å²) in [6.45, 7) is 8.08. The van der Waals surface area contributed by atoms with Gasteiger partial charge in [-0.15, -0.1) is 0 Å². The highest BCUT2D eigenvalue weighted by molar-refractivity contribution is 5.82. The molecular formula is C16H24N2O2. The number of unbranched alkanes of at least 4 members (excludes halogenated alkanes) is 1. The summed E-state index contributed by atoms with van der Waals surface area (Å²) in [5, 5.41) is 3.93. The van der Waals surface area contributed by atoms with E-state index in [-0.39, 0.29) is 11.5 Å². The second kappa shape index (κ2) is 7.68. The highest BCUT2D eigenvalue weighted by Crippen LogP contribution is 2.17. The Morgan fingerprint density at radius 1 is 1.30 bits per heavy atom. The number of ether oxygens (including phenoxy) is 1. The van der Waals surface area contributed by atoms with Crippen molar-refractivity contribution in [3.8, 4) is 5.75 Å². The van der Waals surface area contributed by atoms with E-state index in [1.807, 2.05) is 45.0 Å². The zero-order chi connectivity index (χ0) is 15.0. The Morgan fingerprint density at radius 2 is 1.95 bits per heavy atom. The first-order chi connectivity index (χ1) is 9.40. The van der Waals surface area contributed by atoms with Crippen LogP contribution in [-0.4, -0.2) is 17.7 Å². The minimum atomic E-state index is -0.205. The van der Waals surface area contributed by atoms with E-state index in [1.165, 1.54) is 0 Å². The van der Waals surface area contributed by atoms with Crippen molar-refractivity contribution in [2.24, 2.45) is 5.10 Å². The molecule has 1 aromatic carbocycles. The fraction of sp³-hybridized carbons (Fsp3) is 0.500. The third-order valence-electron chi connectivity index (χ3n) is 2.46. The normalized spacial score (nSPS) is 11.6. The average Bonchev–Trinajstić information content (AvgIpc) is 2.37. The Balaban J connectivity index is 2.47. The van der Waals surface area contributed by atoms with Gasteiger partial charge in [-0.1, -0.05) is 13.3 Å². The molecule has 4 nitrogen and oxygen atoms in total. The number of carbonyl (C=O) groups excluding carboxylic acids is 1. The van der Waals surface area contributed by atoms with Gasteiger partial charge in [-0.2, -0.15) is 5.10 Å². The molecule has 0 saturated heterocycles. The first-order valence-electron chi connectivity index (χ1n) is 7.01. The Labute approximate surface area is 121 Å². The number of benzene rings is 1. The number of hydrazone groups is 1. The van der Waals surface area contributed by atoms with Crippen molar-refractivity contribution in [3.63, 3.8) is 0 Å². The van der Waals surface area contributed by atoms with E-state index >= 15 is 0 Å². The van der Waals surface area contributed by atoms with Crippen LogP contribution >= 0.6 is 0 Å². The van der Waals surface area contributed by atoms with Crippen molar-refractivity contribution in [1.82, 2.24) is 5.43 Å². The van der Waals surface area contributed by atoms with Crippen LogP contribution in [0.2, 0.25) is 0 Å². The van der Waals surface area contributed by atoms with E-state index in [0.29, 0.717) is 6.42 Å². The SMILES string of the molecule is CCCCC(=O)N/N=C/c1ccc(OC(C)(C)C)cc1.